The van der Waals surface area contributed by atoms with E-state index in [2.05, 4.69) is 11.8 Å². The van der Waals surface area contributed by atoms with Gasteiger partial charge >= 0.3 is 0 Å². The first kappa shape index (κ1) is 13.4. The number of rotatable bonds is 2. The lowest BCUT2D eigenvalue weighted by molar-refractivity contribution is 0.0197. The lowest BCUT2D eigenvalue weighted by Gasteiger charge is -2.38. The van der Waals surface area contributed by atoms with Gasteiger partial charge in [-0.1, -0.05) is 39.0 Å². The minimum atomic E-state index is -0.0651. The van der Waals surface area contributed by atoms with Gasteiger partial charge in [0.1, 0.15) is 0 Å². The second-order valence-corrected chi connectivity index (χ2v) is 5.92. The van der Waals surface area contributed by atoms with Crippen molar-refractivity contribution in [2.24, 2.45) is 0 Å². The molecule has 1 saturated carbocycles. The predicted octanol–water partition coefficient (Wildman–Crippen LogP) is 3.33. The average Bonchev–Trinajstić information content (AvgIpc) is 2.68. The molecule has 1 heterocycles. The zero-order valence-corrected chi connectivity index (χ0v) is 11.4. The molecule has 0 bridgehead atoms. The third-order valence-corrected chi connectivity index (χ3v) is 4.76. The molecule has 0 spiro atoms. The number of nitrogens with zero attached hydrogens (tertiary/aromatic N) is 1. The Morgan fingerprint density at radius 1 is 0.941 bits per heavy atom. The number of likely N-dealkylation sites (tertiary alicyclic amines) is 1. The normalized spacial score (nSPS) is 37.4. The summed E-state index contributed by atoms with van der Waals surface area (Å²) in [6, 6.07) is 1.19. The molecule has 1 aliphatic carbocycles. The van der Waals surface area contributed by atoms with Gasteiger partial charge in [0.25, 0.3) is 0 Å². The fourth-order valence-corrected chi connectivity index (χ4v) is 3.73. The van der Waals surface area contributed by atoms with Crippen LogP contribution in [0.4, 0.5) is 0 Å². The van der Waals surface area contributed by atoms with Crippen molar-refractivity contribution < 1.29 is 5.11 Å². The minimum absolute atomic E-state index is 0.0651. The van der Waals surface area contributed by atoms with E-state index in [0.29, 0.717) is 6.04 Å². The molecule has 0 aromatic heterocycles. The van der Waals surface area contributed by atoms with Gasteiger partial charge in [0.05, 0.1) is 6.10 Å². The molecule has 1 N–H and O–H groups in total. The van der Waals surface area contributed by atoms with Crippen LogP contribution in [0.25, 0.3) is 0 Å². The maximum absolute atomic E-state index is 10.4. The molecule has 2 nitrogen and oxygen atoms in total. The molecular formula is C15H29NO. The summed E-state index contributed by atoms with van der Waals surface area (Å²) < 4.78 is 0. The van der Waals surface area contributed by atoms with E-state index < -0.39 is 0 Å². The van der Waals surface area contributed by atoms with Crippen molar-refractivity contribution in [1.29, 1.82) is 0 Å². The van der Waals surface area contributed by atoms with E-state index in [-0.39, 0.29) is 6.10 Å². The summed E-state index contributed by atoms with van der Waals surface area (Å²) in [5.41, 5.74) is 0. The van der Waals surface area contributed by atoms with Gasteiger partial charge in [-0.2, -0.15) is 0 Å². The quantitative estimate of drug-likeness (QED) is 0.747. The lowest BCUT2D eigenvalue weighted by Crippen LogP contribution is -2.48. The van der Waals surface area contributed by atoms with Gasteiger partial charge in [0.15, 0.2) is 0 Å². The SMILES string of the molecule is CCC1CCCCCN1C1CCCCCC1O. The van der Waals surface area contributed by atoms with Crippen molar-refractivity contribution in [3.05, 3.63) is 0 Å². The third-order valence-electron chi connectivity index (χ3n) is 4.76. The topological polar surface area (TPSA) is 23.5 Å². The summed E-state index contributed by atoms with van der Waals surface area (Å²) in [5.74, 6) is 0. The highest BCUT2D eigenvalue weighted by Crippen LogP contribution is 2.28. The van der Waals surface area contributed by atoms with Crippen molar-refractivity contribution in [2.45, 2.75) is 89.3 Å². The van der Waals surface area contributed by atoms with Crippen LogP contribution >= 0.6 is 0 Å². The smallest absolute Gasteiger partial charge is 0.0695 e. The largest absolute Gasteiger partial charge is 0.391 e. The molecule has 0 amide bonds. The van der Waals surface area contributed by atoms with Crippen molar-refractivity contribution in [3.63, 3.8) is 0 Å². The van der Waals surface area contributed by atoms with Crippen LogP contribution < -0.4 is 0 Å². The average molecular weight is 239 g/mol. The standard InChI is InChI=1S/C15H29NO/c1-2-13-9-5-4-8-12-16(13)14-10-6-3-7-11-15(14)17/h13-15,17H,2-12H2,1H3. The van der Waals surface area contributed by atoms with Crippen LogP contribution in [0.15, 0.2) is 0 Å². The zero-order chi connectivity index (χ0) is 12.1. The first-order valence-corrected chi connectivity index (χ1v) is 7.76. The lowest BCUT2D eigenvalue weighted by atomic mass is 9.99. The molecular weight excluding hydrogens is 210 g/mol. The van der Waals surface area contributed by atoms with Gasteiger partial charge in [-0.25, -0.2) is 0 Å². The van der Waals surface area contributed by atoms with Crippen LogP contribution in [0, 0.1) is 0 Å². The molecule has 2 rings (SSSR count). The van der Waals surface area contributed by atoms with Crippen LogP contribution in [0.1, 0.15) is 71.1 Å². The number of aliphatic hydroxyl groups excluding tert-OH is 1. The van der Waals surface area contributed by atoms with Crippen LogP contribution in [0.3, 0.4) is 0 Å². The van der Waals surface area contributed by atoms with Gasteiger partial charge in [-0.15, -0.1) is 0 Å². The fraction of sp³-hybridized carbons (Fsp3) is 1.00. The summed E-state index contributed by atoms with van der Waals surface area (Å²) in [4.78, 5) is 2.67. The number of hydrogen-bond donors (Lipinski definition) is 1. The van der Waals surface area contributed by atoms with Crippen molar-refractivity contribution in [3.8, 4) is 0 Å². The van der Waals surface area contributed by atoms with E-state index in [4.69, 9.17) is 0 Å². The molecule has 3 atom stereocenters. The summed E-state index contributed by atoms with van der Waals surface area (Å²) >= 11 is 0. The molecule has 3 unspecified atom stereocenters. The molecule has 1 saturated heterocycles. The summed E-state index contributed by atoms with van der Waals surface area (Å²) in [6.07, 6.45) is 12.7. The second-order valence-electron chi connectivity index (χ2n) is 5.92. The Bertz CT molecular complexity index is 219. The first-order valence-electron chi connectivity index (χ1n) is 7.76. The monoisotopic (exact) mass is 239 g/mol. The maximum Gasteiger partial charge on any atom is 0.0695 e. The van der Waals surface area contributed by atoms with Gasteiger partial charge in [-0.3, -0.25) is 4.90 Å². The predicted molar refractivity (Wildman–Crippen MR) is 72.1 cm³/mol. The molecule has 0 aromatic rings. The highest BCUT2D eigenvalue weighted by atomic mass is 16.3. The van der Waals surface area contributed by atoms with Gasteiger partial charge < -0.3 is 5.11 Å². The summed E-state index contributed by atoms with van der Waals surface area (Å²) in [5, 5.41) is 10.4. The van der Waals surface area contributed by atoms with Crippen LogP contribution in [0.5, 0.6) is 0 Å². The van der Waals surface area contributed by atoms with Crippen molar-refractivity contribution in [1.82, 2.24) is 4.90 Å². The Hall–Kier alpha value is -0.0800. The maximum atomic E-state index is 10.4. The second kappa shape index (κ2) is 6.75. The minimum Gasteiger partial charge on any atom is -0.391 e. The van der Waals surface area contributed by atoms with Gasteiger partial charge in [-0.05, 0) is 38.6 Å². The Kier molecular flexibility index (Phi) is 5.30. The molecule has 100 valence electrons. The van der Waals surface area contributed by atoms with E-state index in [1.165, 1.54) is 64.3 Å². The van der Waals surface area contributed by atoms with Crippen LogP contribution in [-0.4, -0.2) is 34.7 Å². The summed E-state index contributed by atoms with van der Waals surface area (Å²) in [7, 11) is 0. The Labute approximate surface area is 106 Å². The van der Waals surface area contributed by atoms with Crippen LogP contribution in [-0.2, 0) is 0 Å². The highest BCUT2D eigenvalue weighted by molar-refractivity contribution is 4.86. The van der Waals surface area contributed by atoms with E-state index in [9.17, 15) is 5.11 Å². The molecule has 17 heavy (non-hydrogen) atoms. The highest BCUT2D eigenvalue weighted by Gasteiger charge is 2.31. The molecule has 2 heteroatoms. The Morgan fingerprint density at radius 2 is 1.65 bits per heavy atom. The van der Waals surface area contributed by atoms with E-state index in [0.717, 1.165) is 12.5 Å². The Morgan fingerprint density at radius 3 is 2.47 bits per heavy atom. The number of aliphatic hydroxyl groups is 1. The van der Waals surface area contributed by atoms with E-state index >= 15 is 0 Å². The Balaban J connectivity index is 2.04. The third kappa shape index (κ3) is 3.45. The van der Waals surface area contributed by atoms with Crippen molar-refractivity contribution >= 4 is 0 Å². The molecule has 2 aliphatic rings. The number of hydrogen-bond acceptors (Lipinski definition) is 2. The zero-order valence-electron chi connectivity index (χ0n) is 11.4. The van der Waals surface area contributed by atoms with Gasteiger partial charge in [0, 0.05) is 12.1 Å². The molecule has 0 radical (unpaired) electrons. The van der Waals surface area contributed by atoms with Crippen LogP contribution in [0.2, 0.25) is 0 Å². The molecule has 2 fully saturated rings. The fourth-order valence-electron chi connectivity index (χ4n) is 3.73. The first-order chi connectivity index (χ1) is 8.33. The summed E-state index contributed by atoms with van der Waals surface area (Å²) in [6.45, 7) is 3.53. The van der Waals surface area contributed by atoms with E-state index in [1.54, 1.807) is 0 Å². The molecule has 1 aliphatic heterocycles. The van der Waals surface area contributed by atoms with E-state index in [1.807, 2.05) is 0 Å². The van der Waals surface area contributed by atoms with Crippen molar-refractivity contribution in [2.75, 3.05) is 6.54 Å². The molecule has 0 aromatic carbocycles. The van der Waals surface area contributed by atoms with Gasteiger partial charge in [0.2, 0.25) is 0 Å².